The zero-order chi connectivity index (χ0) is 17.4. The van der Waals surface area contributed by atoms with Crippen LogP contribution in [0, 0.1) is 6.92 Å². The highest BCUT2D eigenvalue weighted by Gasteiger charge is 2.27. The molecule has 0 aliphatic heterocycles. The fraction of sp³-hybridized carbons (Fsp3) is 0.353. The number of carbonyl (C=O) groups is 1. The van der Waals surface area contributed by atoms with Crippen molar-refractivity contribution < 1.29 is 9.53 Å². The molecule has 0 radical (unpaired) electrons. The highest BCUT2D eigenvalue weighted by Crippen LogP contribution is 2.43. The van der Waals surface area contributed by atoms with E-state index in [0.29, 0.717) is 24.8 Å². The van der Waals surface area contributed by atoms with Crippen LogP contribution < -0.4 is 21.3 Å². The van der Waals surface area contributed by atoms with Gasteiger partial charge < -0.3 is 10.1 Å². The highest BCUT2D eigenvalue weighted by molar-refractivity contribution is 5.55. The Kier molecular flexibility index (Phi) is 6.51. The minimum atomic E-state index is 0.403. The molecule has 0 unspecified atom stereocenters. The lowest BCUT2D eigenvalue weighted by atomic mass is 10.0. The summed E-state index contributed by atoms with van der Waals surface area (Å²) in [5.74, 6) is 5.69. The predicted molar refractivity (Wildman–Crippen MR) is 92.5 cm³/mol. The molecule has 4 N–H and O–H groups in total. The van der Waals surface area contributed by atoms with Crippen LogP contribution in [0.25, 0.3) is 0 Å². The number of benzene rings is 1. The second kappa shape index (κ2) is 8.83. The standard InChI is InChI=1S/C16H19N3O.CH4N2O/c1-11-8-18-9-16(19-11)20-10-14-13(12-6-7-12)4-3-5-15(14)17-2;2-3-1-4/h3-5,8-9,12,17H,6-7,10H2,1-2H3;1H,2H2,(H,3,4). The molecule has 1 amide bonds. The van der Waals surface area contributed by atoms with E-state index >= 15 is 0 Å². The third-order valence-electron chi connectivity index (χ3n) is 3.66. The number of ether oxygens (including phenoxy) is 1. The largest absolute Gasteiger partial charge is 0.472 e. The summed E-state index contributed by atoms with van der Waals surface area (Å²) in [5.41, 5.74) is 6.39. The average Bonchev–Trinajstić information content (AvgIpc) is 3.45. The maximum absolute atomic E-state index is 8.94. The third-order valence-corrected chi connectivity index (χ3v) is 3.66. The first-order valence-electron chi connectivity index (χ1n) is 7.80. The minimum absolute atomic E-state index is 0.403. The zero-order valence-corrected chi connectivity index (χ0v) is 14.0. The first kappa shape index (κ1) is 17.7. The van der Waals surface area contributed by atoms with Crippen molar-refractivity contribution in [3.05, 3.63) is 47.4 Å². The van der Waals surface area contributed by atoms with Crippen molar-refractivity contribution in [3.8, 4) is 5.88 Å². The van der Waals surface area contributed by atoms with Crippen molar-refractivity contribution in [2.45, 2.75) is 32.3 Å². The molecule has 1 aliphatic rings. The Morgan fingerprint density at radius 1 is 1.38 bits per heavy atom. The van der Waals surface area contributed by atoms with E-state index in [4.69, 9.17) is 9.53 Å². The van der Waals surface area contributed by atoms with Gasteiger partial charge in [-0.25, -0.2) is 10.8 Å². The van der Waals surface area contributed by atoms with Crippen LogP contribution in [0.4, 0.5) is 5.69 Å². The fourth-order valence-electron chi connectivity index (χ4n) is 2.43. The number of anilines is 1. The van der Waals surface area contributed by atoms with E-state index in [1.54, 1.807) is 17.8 Å². The molecule has 0 atom stereocenters. The van der Waals surface area contributed by atoms with E-state index in [1.807, 2.05) is 14.0 Å². The summed E-state index contributed by atoms with van der Waals surface area (Å²) < 4.78 is 5.82. The van der Waals surface area contributed by atoms with Gasteiger partial charge >= 0.3 is 0 Å². The van der Waals surface area contributed by atoms with E-state index in [1.165, 1.54) is 24.0 Å². The van der Waals surface area contributed by atoms with E-state index < -0.39 is 0 Å². The maximum atomic E-state index is 8.94. The number of nitrogens with two attached hydrogens (primary N) is 1. The summed E-state index contributed by atoms with van der Waals surface area (Å²) in [6, 6.07) is 6.40. The van der Waals surface area contributed by atoms with Crippen molar-refractivity contribution in [1.82, 2.24) is 15.4 Å². The van der Waals surface area contributed by atoms with Crippen LogP contribution >= 0.6 is 0 Å². The summed E-state index contributed by atoms with van der Waals surface area (Å²) in [6.45, 7) is 2.44. The molecule has 3 rings (SSSR count). The molecule has 0 spiro atoms. The third kappa shape index (κ3) is 4.92. The van der Waals surface area contributed by atoms with Crippen LogP contribution in [0.1, 0.15) is 35.6 Å². The molecule has 1 aromatic heterocycles. The van der Waals surface area contributed by atoms with Crippen LogP contribution in [-0.4, -0.2) is 23.4 Å². The number of hydrogen-bond donors (Lipinski definition) is 3. The molecule has 1 heterocycles. The number of aromatic nitrogens is 2. The molecule has 128 valence electrons. The molecule has 24 heavy (non-hydrogen) atoms. The van der Waals surface area contributed by atoms with Gasteiger partial charge in [0.15, 0.2) is 0 Å². The summed E-state index contributed by atoms with van der Waals surface area (Å²) in [6.07, 6.45) is 6.35. The van der Waals surface area contributed by atoms with Crippen molar-refractivity contribution in [2.75, 3.05) is 12.4 Å². The maximum Gasteiger partial charge on any atom is 0.232 e. The number of aryl methyl sites for hydroxylation is 1. The summed E-state index contributed by atoms with van der Waals surface area (Å²) in [5, 5.41) is 3.25. The van der Waals surface area contributed by atoms with Gasteiger partial charge in [0, 0.05) is 24.5 Å². The quantitative estimate of drug-likeness (QED) is 0.324. The van der Waals surface area contributed by atoms with Gasteiger partial charge in [-0.2, -0.15) is 0 Å². The SMILES string of the molecule is CNc1cccc(C2CC2)c1COc1cncc(C)n1.NNC=O. The van der Waals surface area contributed by atoms with E-state index in [0.717, 1.165) is 11.4 Å². The zero-order valence-electron chi connectivity index (χ0n) is 14.0. The molecule has 1 aromatic carbocycles. The van der Waals surface area contributed by atoms with Crippen molar-refractivity contribution in [3.63, 3.8) is 0 Å². The smallest absolute Gasteiger partial charge is 0.232 e. The monoisotopic (exact) mass is 329 g/mol. The number of rotatable bonds is 6. The van der Waals surface area contributed by atoms with Gasteiger partial charge in [0.1, 0.15) is 6.61 Å². The lowest BCUT2D eigenvalue weighted by molar-refractivity contribution is -0.109. The molecule has 1 fully saturated rings. The average molecular weight is 329 g/mol. The lowest BCUT2D eigenvalue weighted by Gasteiger charge is -2.15. The van der Waals surface area contributed by atoms with Crippen molar-refractivity contribution >= 4 is 12.1 Å². The van der Waals surface area contributed by atoms with Gasteiger partial charge in [-0.15, -0.1) is 0 Å². The molecule has 7 heteroatoms. The van der Waals surface area contributed by atoms with E-state index in [9.17, 15) is 0 Å². The number of carbonyl (C=O) groups excluding carboxylic acids is 1. The highest BCUT2D eigenvalue weighted by atomic mass is 16.5. The first-order chi connectivity index (χ1) is 11.7. The Bertz CT molecular complexity index is 674. The van der Waals surface area contributed by atoms with E-state index in [-0.39, 0.29) is 0 Å². The molecule has 1 saturated carbocycles. The van der Waals surface area contributed by atoms with Gasteiger partial charge in [0.05, 0.1) is 11.9 Å². The Morgan fingerprint density at radius 2 is 2.12 bits per heavy atom. The van der Waals surface area contributed by atoms with E-state index in [2.05, 4.69) is 39.3 Å². The second-order valence-electron chi connectivity index (χ2n) is 5.47. The Morgan fingerprint density at radius 3 is 2.71 bits per heavy atom. The fourth-order valence-corrected chi connectivity index (χ4v) is 2.43. The van der Waals surface area contributed by atoms with Crippen LogP contribution in [0.2, 0.25) is 0 Å². The van der Waals surface area contributed by atoms with Crippen LogP contribution in [0.15, 0.2) is 30.6 Å². The number of hydrazine groups is 1. The van der Waals surface area contributed by atoms with Crippen LogP contribution in [-0.2, 0) is 11.4 Å². The van der Waals surface area contributed by atoms with Crippen molar-refractivity contribution in [1.29, 1.82) is 0 Å². The molecule has 0 saturated heterocycles. The molecule has 2 aromatic rings. The molecular formula is C17H23N5O2. The Balaban J connectivity index is 0.000000471. The number of amides is 1. The predicted octanol–water partition coefficient (Wildman–Crippen LogP) is 1.89. The first-order valence-corrected chi connectivity index (χ1v) is 7.80. The normalized spacial score (nSPS) is 12.6. The molecule has 7 nitrogen and oxygen atoms in total. The number of nitrogens with one attached hydrogen (secondary N) is 2. The topological polar surface area (TPSA) is 102 Å². The Labute approximate surface area is 141 Å². The van der Waals surface area contributed by atoms with Crippen LogP contribution in [0.3, 0.4) is 0 Å². The minimum Gasteiger partial charge on any atom is -0.472 e. The summed E-state index contributed by atoms with van der Waals surface area (Å²) >= 11 is 0. The van der Waals surface area contributed by atoms with Gasteiger partial charge in [0.25, 0.3) is 0 Å². The molecule has 1 aliphatic carbocycles. The van der Waals surface area contributed by atoms with Gasteiger partial charge in [0.2, 0.25) is 12.3 Å². The molecular weight excluding hydrogens is 306 g/mol. The molecule has 0 bridgehead atoms. The Hall–Kier alpha value is -2.67. The summed E-state index contributed by atoms with van der Waals surface area (Å²) in [4.78, 5) is 17.4. The number of nitrogens with zero attached hydrogens (tertiary/aromatic N) is 2. The van der Waals surface area contributed by atoms with Gasteiger partial charge in [-0.1, -0.05) is 12.1 Å². The van der Waals surface area contributed by atoms with Gasteiger partial charge in [-0.05, 0) is 37.3 Å². The number of hydrogen-bond acceptors (Lipinski definition) is 6. The van der Waals surface area contributed by atoms with Crippen molar-refractivity contribution in [2.24, 2.45) is 5.84 Å². The summed E-state index contributed by atoms with van der Waals surface area (Å²) in [7, 11) is 1.95. The second-order valence-corrected chi connectivity index (χ2v) is 5.47. The van der Waals surface area contributed by atoms with Crippen LogP contribution in [0.5, 0.6) is 5.88 Å². The lowest BCUT2D eigenvalue weighted by Crippen LogP contribution is -2.18. The van der Waals surface area contributed by atoms with Gasteiger partial charge in [-0.3, -0.25) is 15.2 Å².